The van der Waals surface area contributed by atoms with E-state index in [0.717, 1.165) is 12.2 Å². The number of guanidine groups is 1. The van der Waals surface area contributed by atoms with Crippen molar-refractivity contribution in [3.05, 3.63) is 23.8 Å². The minimum absolute atomic E-state index is 0.00717. The minimum atomic E-state index is -4.38. The van der Waals surface area contributed by atoms with Gasteiger partial charge < -0.3 is 11.5 Å². The van der Waals surface area contributed by atoms with E-state index in [1.54, 1.807) is 0 Å². The number of hydrogen-bond donors (Lipinski definition) is 2. The summed E-state index contributed by atoms with van der Waals surface area (Å²) in [7, 11) is 0. The zero-order chi connectivity index (χ0) is 11.9. The molecular formula is C9H9F3N4. The number of rotatable bonds is 0. The van der Waals surface area contributed by atoms with E-state index in [0.29, 0.717) is 0 Å². The zero-order valence-electron chi connectivity index (χ0n) is 8.07. The first kappa shape index (κ1) is 10.7. The molecule has 1 aliphatic heterocycles. The summed E-state index contributed by atoms with van der Waals surface area (Å²) in [6.45, 7) is 0. The smallest absolute Gasteiger partial charge is 0.386 e. The molecule has 0 aromatic rings. The second kappa shape index (κ2) is 3.36. The Hall–Kier alpha value is -1.79. The van der Waals surface area contributed by atoms with E-state index in [2.05, 4.69) is 9.98 Å². The third-order valence-electron chi connectivity index (χ3n) is 2.39. The first-order valence-corrected chi connectivity index (χ1v) is 4.52. The van der Waals surface area contributed by atoms with Crippen molar-refractivity contribution in [2.45, 2.75) is 12.2 Å². The molecule has 2 unspecified atom stereocenters. The number of alkyl halides is 3. The fourth-order valence-electron chi connectivity index (χ4n) is 1.63. The quantitative estimate of drug-likeness (QED) is 0.643. The van der Waals surface area contributed by atoms with Crippen LogP contribution in [-0.4, -0.2) is 24.0 Å². The summed E-state index contributed by atoms with van der Waals surface area (Å²) in [6.07, 6.45) is -1.04. The summed E-state index contributed by atoms with van der Waals surface area (Å²) in [5.41, 5.74) is 10.2. The number of nitrogens with two attached hydrogens (primary N) is 2. The van der Waals surface area contributed by atoms with Crippen LogP contribution in [0.25, 0.3) is 0 Å². The molecule has 2 atom stereocenters. The van der Waals surface area contributed by atoms with Crippen molar-refractivity contribution in [2.75, 3.05) is 0 Å². The molecule has 4 N–H and O–H groups in total. The summed E-state index contributed by atoms with van der Waals surface area (Å²) >= 11 is 0. The highest BCUT2D eigenvalue weighted by Crippen LogP contribution is 2.32. The van der Waals surface area contributed by atoms with Crippen molar-refractivity contribution in [1.82, 2.24) is 0 Å². The minimum Gasteiger partial charge on any atom is -0.386 e. The molecule has 1 aliphatic carbocycles. The summed E-state index contributed by atoms with van der Waals surface area (Å²) in [4.78, 5) is 7.56. The van der Waals surface area contributed by atoms with E-state index >= 15 is 0 Å². The molecule has 0 spiro atoms. The fraction of sp³-hybridized carbons (Fsp3) is 0.333. The van der Waals surface area contributed by atoms with Crippen molar-refractivity contribution in [3.63, 3.8) is 0 Å². The Labute approximate surface area is 89.2 Å². The maximum Gasteiger partial charge on any atom is 0.416 e. The predicted octanol–water partition coefficient (Wildman–Crippen LogP) is 0.715. The lowest BCUT2D eigenvalue weighted by atomic mass is 9.90. The Bertz CT molecular complexity index is 431. The van der Waals surface area contributed by atoms with E-state index in [9.17, 15) is 13.2 Å². The van der Waals surface area contributed by atoms with E-state index in [-0.39, 0.29) is 11.8 Å². The third-order valence-corrected chi connectivity index (χ3v) is 2.39. The Morgan fingerprint density at radius 1 is 1.25 bits per heavy atom. The van der Waals surface area contributed by atoms with Crippen molar-refractivity contribution in [3.8, 4) is 0 Å². The van der Waals surface area contributed by atoms with Gasteiger partial charge >= 0.3 is 6.18 Å². The molecule has 2 rings (SSSR count). The SMILES string of the molecule is NC1=NC2C=CC(C(F)(F)F)=CC2C(N)=N1. The molecule has 0 aromatic heterocycles. The van der Waals surface area contributed by atoms with E-state index in [4.69, 9.17) is 11.5 Å². The van der Waals surface area contributed by atoms with Crippen LogP contribution in [0.3, 0.4) is 0 Å². The molecule has 1 heterocycles. The van der Waals surface area contributed by atoms with Gasteiger partial charge in [0.2, 0.25) is 5.96 Å². The van der Waals surface area contributed by atoms with Crippen molar-refractivity contribution in [2.24, 2.45) is 27.4 Å². The van der Waals surface area contributed by atoms with Crippen LogP contribution in [0, 0.1) is 5.92 Å². The summed E-state index contributed by atoms with van der Waals surface area (Å²) in [6, 6.07) is -0.483. The number of fused-ring (bicyclic) bond motifs is 1. The van der Waals surface area contributed by atoms with Gasteiger partial charge in [-0.25, -0.2) is 9.98 Å². The topological polar surface area (TPSA) is 76.8 Å². The average molecular weight is 230 g/mol. The van der Waals surface area contributed by atoms with Gasteiger partial charge in [-0.05, 0) is 0 Å². The highest BCUT2D eigenvalue weighted by atomic mass is 19.4. The summed E-state index contributed by atoms with van der Waals surface area (Å²) in [5.74, 6) is -0.607. The molecule has 0 aromatic carbocycles. The van der Waals surface area contributed by atoms with Gasteiger partial charge in [-0.15, -0.1) is 0 Å². The largest absolute Gasteiger partial charge is 0.416 e. The van der Waals surface area contributed by atoms with Gasteiger partial charge in [0.1, 0.15) is 5.84 Å². The Morgan fingerprint density at radius 3 is 2.56 bits per heavy atom. The zero-order valence-corrected chi connectivity index (χ0v) is 8.07. The number of aliphatic imine (C=N–C) groups is 2. The highest BCUT2D eigenvalue weighted by molar-refractivity contribution is 5.99. The molecule has 4 nitrogen and oxygen atoms in total. The highest BCUT2D eigenvalue weighted by Gasteiger charge is 2.37. The van der Waals surface area contributed by atoms with Crippen molar-refractivity contribution in [1.29, 1.82) is 0 Å². The number of halogens is 3. The Balaban J connectivity index is 2.34. The fourth-order valence-corrected chi connectivity index (χ4v) is 1.63. The lowest BCUT2D eigenvalue weighted by Gasteiger charge is -2.26. The Kier molecular flexibility index (Phi) is 2.25. The molecule has 16 heavy (non-hydrogen) atoms. The summed E-state index contributed by atoms with van der Waals surface area (Å²) < 4.78 is 37.3. The second-order valence-corrected chi connectivity index (χ2v) is 3.52. The maximum absolute atomic E-state index is 12.4. The van der Waals surface area contributed by atoms with Gasteiger partial charge in [0.15, 0.2) is 0 Å². The predicted molar refractivity (Wildman–Crippen MR) is 53.8 cm³/mol. The first-order valence-electron chi connectivity index (χ1n) is 4.52. The van der Waals surface area contributed by atoms with E-state index in [1.807, 2.05) is 0 Å². The lowest BCUT2D eigenvalue weighted by molar-refractivity contribution is -0.0888. The Morgan fingerprint density at radius 2 is 1.94 bits per heavy atom. The molecule has 0 bridgehead atoms. The monoisotopic (exact) mass is 230 g/mol. The molecule has 2 aliphatic rings. The van der Waals surface area contributed by atoms with Crippen LogP contribution in [0.1, 0.15) is 0 Å². The van der Waals surface area contributed by atoms with Gasteiger partial charge in [0.25, 0.3) is 0 Å². The molecular weight excluding hydrogens is 221 g/mol. The normalized spacial score (nSPS) is 29.1. The molecule has 0 radical (unpaired) electrons. The van der Waals surface area contributed by atoms with Crippen LogP contribution in [0.4, 0.5) is 13.2 Å². The van der Waals surface area contributed by atoms with Crippen LogP contribution in [0.15, 0.2) is 33.8 Å². The van der Waals surface area contributed by atoms with E-state index < -0.39 is 23.7 Å². The average Bonchev–Trinajstić information content (AvgIpc) is 2.15. The van der Waals surface area contributed by atoms with Gasteiger partial charge in [-0.1, -0.05) is 18.2 Å². The van der Waals surface area contributed by atoms with Crippen LogP contribution < -0.4 is 11.5 Å². The van der Waals surface area contributed by atoms with E-state index in [1.165, 1.54) is 6.08 Å². The maximum atomic E-state index is 12.4. The molecule has 0 amide bonds. The van der Waals surface area contributed by atoms with Crippen LogP contribution in [0.5, 0.6) is 0 Å². The standard InChI is InChI=1S/C9H9F3N4/c10-9(11,12)4-1-2-6-5(3-4)7(13)16-8(14)15-6/h1-3,5-6H,(H4,13,14,15,16). The number of nitrogens with zero attached hydrogens (tertiary/aromatic N) is 2. The van der Waals surface area contributed by atoms with Gasteiger partial charge in [0.05, 0.1) is 17.5 Å². The van der Waals surface area contributed by atoms with Crippen molar-refractivity contribution < 1.29 is 13.2 Å². The van der Waals surface area contributed by atoms with Crippen LogP contribution in [0.2, 0.25) is 0 Å². The van der Waals surface area contributed by atoms with Gasteiger partial charge in [-0.2, -0.15) is 13.2 Å². The van der Waals surface area contributed by atoms with Crippen molar-refractivity contribution >= 4 is 11.8 Å². The molecule has 0 saturated heterocycles. The lowest BCUT2D eigenvalue weighted by Crippen LogP contribution is -2.39. The number of amidine groups is 1. The van der Waals surface area contributed by atoms with Crippen LogP contribution in [-0.2, 0) is 0 Å². The van der Waals surface area contributed by atoms with Crippen LogP contribution >= 0.6 is 0 Å². The van der Waals surface area contributed by atoms with Gasteiger partial charge in [0, 0.05) is 0 Å². The molecule has 7 heteroatoms. The first-order chi connectivity index (χ1) is 7.38. The second-order valence-electron chi connectivity index (χ2n) is 3.52. The summed E-state index contributed by atoms with van der Waals surface area (Å²) in [5, 5.41) is 0. The number of hydrogen-bond acceptors (Lipinski definition) is 4. The van der Waals surface area contributed by atoms with Gasteiger partial charge in [-0.3, -0.25) is 0 Å². The third kappa shape index (κ3) is 1.80. The molecule has 86 valence electrons. The molecule has 0 saturated carbocycles. The molecule has 0 fully saturated rings. The number of allylic oxidation sites excluding steroid dienone is 2.